The first-order chi connectivity index (χ1) is 9.22. The Labute approximate surface area is 134 Å². The third-order valence-electron chi connectivity index (χ3n) is 2.66. The van der Waals surface area contributed by atoms with Gasteiger partial charge in [-0.1, -0.05) is 0 Å². The van der Waals surface area contributed by atoms with Gasteiger partial charge in [0.25, 0.3) is 0 Å². The maximum atomic E-state index is 13.3. The van der Waals surface area contributed by atoms with E-state index in [0.717, 1.165) is 0 Å². The van der Waals surface area contributed by atoms with Gasteiger partial charge in [0.2, 0.25) is 0 Å². The molecule has 1 aliphatic heterocycles. The molecule has 3 N–H and O–H groups in total. The first-order valence-corrected chi connectivity index (χ1v) is 5.90. The van der Waals surface area contributed by atoms with Gasteiger partial charge in [-0.05, 0) is 18.7 Å². The van der Waals surface area contributed by atoms with Crippen LogP contribution in [0, 0.1) is 5.82 Å². The number of hydrogen-bond donors (Lipinski definition) is 2. The topological polar surface area (TPSA) is 80.5 Å². The monoisotopic (exact) mass is 338 g/mol. The van der Waals surface area contributed by atoms with Crippen molar-refractivity contribution in [2.75, 3.05) is 6.54 Å². The molecule has 2 amide bonds. The number of carbonyl (C=O) groups is 1. The Kier molecular flexibility index (Phi) is 8.68. The van der Waals surface area contributed by atoms with Gasteiger partial charge in [0, 0.05) is 18.8 Å². The van der Waals surface area contributed by atoms with Crippen LogP contribution in [0.2, 0.25) is 0 Å². The average molecular weight is 339 g/mol. The van der Waals surface area contributed by atoms with Crippen molar-refractivity contribution in [2.24, 2.45) is 5.73 Å². The number of carbonyl (C=O) groups excluding carboxylic acids is 1. The van der Waals surface area contributed by atoms with Gasteiger partial charge >= 0.3 is 6.03 Å². The van der Waals surface area contributed by atoms with Crippen LogP contribution in [-0.4, -0.2) is 28.7 Å². The molecule has 6 nitrogen and oxygen atoms in total. The molecule has 0 spiro atoms. The van der Waals surface area contributed by atoms with E-state index in [1.807, 2.05) is 0 Å². The molecule has 0 aliphatic carbocycles. The average Bonchev–Trinajstić information content (AvgIpc) is 2.86. The fraction of sp³-hybridized carbons (Fsp3) is 0.333. The molecule has 9 heteroatoms. The van der Waals surface area contributed by atoms with E-state index in [-0.39, 0.29) is 43.1 Å². The molecule has 118 valence electrons. The Morgan fingerprint density at radius 3 is 2.95 bits per heavy atom. The Morgan fingerprint density at radius 2 is 2.29 bits per heavy atom. The van der Waals surface area contributed by atoms with Gasteiger partial charge in [-0.2, -0.15) is 0 Å². The highest BCUT2D eigenvalue weighted by atomic mass is 35.5. The molecule has 0 aromatic carbocycles. The van der Waals surface area contributed by atoms with Crippen molar-refractivity contribution < 1.29 is 13.9 Å². The lowest BCUT2D eigenvalue weighted by molar-refractivity contribution is 0.0696. The molecule has 2 heterocycles. The van der Waals surface area contributed by atoms with Crippen LogP contribution in [0.4, 0.5) is 9.18 Å². The fourth-order valence-electron chi connectivity index (χ4n) is 1.70. The summed E-state index contributed by atoms with van der Waals surface area (Å²) in [6, 6.07) is 2.41. The van der Waals surface area contributed by atoms with Crippen LogP contribution in [0.5, 0.6) is 0 Å². The van der Waals surface area contributed by atoms with Crippen molar-refractivity contribution in [3.8, 4) is 0 Å². The molecule has 0 fully saturated rings. The number of halogens is 3. The highest BCUT2D eigenvalue weighted by Crippen LogP contribution is 2.14. The minimum absolute atomic E-state index is 0. The van der Waals surface area contributed by atoms with Gasteiger partial charge < -0.3 is 15.8 Å². The quantitative estimate of drug-likeness (QED) is 0.876. The molecule has 1 aromatic heterocycles. The van der Waals surface area contributed by atoms with Crippen LogP contribution in [0.1, 0.15) is 12.1 Å². The largest absolute Gasteiger partial charge is 0.476 e. The lowest BCUT2D eigenvalue weighted by Gasteiger charge is -2.22. The molecule has 1 aromatic rings. The van der Waals surface area contributed by atoms with E-state index in [2.05, 4.69) is 10.3 Å². The summed E-state index contributed by atoms with van der Waals surface area (Å²) in [7, 11) is 0. The molecule has 2 rings (SSSR count). The molecule has 1 unspecified atom stereocenters. The van der Waals surface area contributed by atoms with E-state index in [9.17, 15) is 9.18 Å². The Bertz CT molecular complexity index is 490. The number of aromatic nitrogens is 1. The molecule has 0 radical (unpaired) electrons. The highest BCUT2D eigenvalue weighted by Gasteiger charge is 2.25. The van der Waals surface area contributed by atoms with Gasteiger partial charge in [0.15, 0.2) is 6.23 Å². The van der Waals surface area contributed by atoms with Gasteiger partial charge in [0.1, 0.15) is 12.1 Å². The predicted octanol–water partition coefficient (Wildman–Crippen LogP) is 1.75. The summed E-state index contributed by atoms with van der Waals surface area (Å²) in [4.78, 5) is 17.1. The van der Waals surface area contributed by atoms with Gasteiger partial charge in [-0.25, -0.2) is 9.18 Å². The highest BCUT2D eigenvalue weighted by molar-refractivity contribution is 5.85. The Morgan fingerprint density at radius 1 is 1.52 bits per heavy atom. The van der Waals surface area contributed by atoms with Crippen molar-refractivity contribution in [1.82, 2.24) is 15.2 Å². The number of hydrogen-bond acceptors (Lipinski definition) is 4. The molecular weight excluding hydrogens is 322 g/mol. The number of nitrogens with two attached hydrogens (primary N) is 1. The zero-order valence-electron chi connectivity index (χ0n) is 11.1. The van der Waals surface area contributed by atoms with Crippen molar-refractivity contribution in [1.29, 1.82) is 0 Å². The molecular formula is C12H17Cl2FN4O2. The smallest absolute Gasteiger partial charge is 0.324 e. The van der Waals surface area contributed by atoms with E-state index in [4.69, 9.17) is 10.5 Å². The van der Waals surface area contributed by atoms with Crippen LogP contribution in [0.25, 0.3) is 0 Å². The SMILES string of the molecule is Cl.Cl.NCCC1OC=CN1C(=O)NCc1ncccc1F. The van der Waals surface area contributed by atoms with E-state index in [0.29, 0.717) is 13.0 Å². The maximum Gasteiger partial charge on any atom is 0.324 e. The molecule has 0 bridgehead atoms. The summed E-state index contributed by atoms with van der Waals surface area (Å²) in [6.07, 6.45) is 4.55. The Balaban J connectivity index is 0.00000200. The zero-order valence-corrected chi connectivity index (χ0v) is 12.7. The summed E-state index contributed by atoms with van der Waals surface area (Å²) in [5, 5.41) is 2.58. The van der Waals surface area contributed by atoms with Crippen molar-refractivity contribution >= 4 is 30.8 Å². The summed E-state index contributed by atoms with van der Waals surface area (Å²) in [5.41, 5.74) is 5.62. The predicted molar refractivity (Wildman–Crippen MR) is 80.5 cm³/mol. The molecule has 1 atom stereocenters. The second-order valence-electron chi connectivity index (χ2n) is 3.95. The van der Waals surface area contributed by atoms with E-state index in [1.165, 1.54) is 35.7 Å². The van der Waals surface area contributed by atoms with Crippen LogP contribution < -0.4 is 11.1 Å². The molecule has 21 heavy (non-hydrogen) atoms. The number of nitrogens with zero attached hydrogens (tertiary/aromatic N) is 2. The number of rotatable bonds is 4. The second kappa shape index (κ2) is 9.38. The molecule has 0 saturated carbocycles. The number of urea groups is 1. The summed E-state index contributed by atoms with van der Waals surface area (Å²) in [6.45, 7) is 0.427. The van der Waals surface area contributed by atoms with Crippen molar-refractivity contribution in [3.63, 3.8) is 0 Å². The number of ether oxygens (including phenoxy) is 1. The third kappa shape index (κ3) is 5.04. The van der Waals surface area contributed by atoms with Crippen molar-refractivity contribution in [2.45, 2.75) is 19.2 Å². The zero-order chi connectivity index (χ0) is 13.7. The maximum absolute atomic E-state index is 13.3. The summed E-state index contributed by atoms with van der Waals surface area (Å²) in [5.74, 6) is -0.450. The fourth-order valence-corrected chi connectivity index (χ4v) is 1.70. The van der Waals surface area contributed by atoms with E-state index >= 15 is 0 Å². The van der Waals surface area contributed by atoms with E-state index < -0.39 is 12.0 Å². The van der Waals surface area contributed by atoms with Crippen LogP contribution in [0.15, 0.2) is 30.8 Å². The third-order valence-corrected chi connectivity index (χ3v) is 2.66. The molecule has 0 saturated heterocycles. The lowest BCUT2D eigenvalue weighted by Crippen LogP contribution is -2.42. The normalized spacial score (nSPS) is 15.7. The first kappa shape index (κ1) is 19.4. The van der Waals surface area contributed by atoms with Gasteiger partial charge in [0.05, 0.1) is 12.2 Å². The number of nitrogens with one attached hydrogen (secondary N) is 1. The lowest BCUT2D eigenvalue weighted by atomic mass is 10.3. The Hall–Kier alpha value is -1.57. The number of amides is 2. The molecule has 1 aliphatic rings. The first-order valence-electron chi connectivity index (χ1n) is 5.90. The summed E-state index contributed by atoms with van der Waals surface area (Å²) < 4.78 is 18.5. The van der Waals surface area contributed by atoms with Gasteiger partial charge in [-0.3, -0.25) is 9.88 Å². The second-order valence-corrected chi connectivity index (χ2v) is 3.95. The van der Waals surface area contributed by atoms with Crippen LogP contribution in [0.3, 0.4) is 0 Å². The van der Waals surface area contributed by atoms with Crippen LogP contribution in [-0.2, 0) is 11.3 Å². The van der Waals surface area contributed by atoms with E-state index in [1.54, 1.807) is 0 Å². The summed E-state index contributed by atoms with van der Waals surface area (Å²) >= 11 is 0. The van der Waals surface area contributed by atoms with Crippen LogP contribution >= 0.6 is 24.8 Å². The minimum atomic E-state index is -0.450. The number of pyridine rings is 1. The van der Waals surface area contributed by atoms with Crippen molar-refractivity contribution in [3.05, 3.63) is 42.3 Å². The standard InChI is InChI=1S/C12H15FN4O2.2ClH/c13-9-2-1-5-15-10(9)8-16-12(18)17-6-7-19-11(17)3-4-14;;/h1-2,5-7,11H,3-4,8,14H2,(H,16,18);2*1H. The van der Waals surface area contributed by atoms with Gasteiger partial charge in [-0.15, -0.1) is 24.8 Å². The minimum Gasteiger partial charge on any atom is -0.476 e.